The smallest absolute Gasteiger partial charge is 0.270 e. The zero-order chi connectivity index (χ0) is 26.1. The van der Waals surface area contributed by atoms with Gasteiger partial charge >= 0.3 is 0 Å². The van der Waals surface area contributed by atoms with Crippen LogP contribution >= 0.6 is 15.9 Å². The second-order valence-electron chi connectivity index (χ2n) is 9.83. The van der Waals surface area contributed by atoms with E-state index in [1.54, 1.807) is 30.3 Å². The molecule has 0 amide bonds. The summed E-state index contributed by atoms with van der Waals surface area (Å²) < 4.78 is 37.1. The van der Waals surface area contributed by atoms with Crippen LogP contribution in [0.2, 0.25) is 0 Å². The van der Waals surface area contributed by atoms with Crippen LogP contribution in [0.1, 0.15) is 52.2 Å². The fourth-order valence-corrected chi connectivity index (χ4v) is 7.70. The van der Waals surface area contributed by atoms with Crippen LogP contribution < -0.4 is 4.31 Å². The Morgan fingerprint density at radius 3 is 2.24 bits per heavy atom. The van der Waals surface area contributed by atoms with Crippen molar-refractivity contribution in [2.24, 2.45) is 0 Å². The van der Waals surface area contributed by atoms with E-state index >= 15 is 0 Å². The Bertz CT molecular complexity index is 1610. The minimum absolute atomic E-state index is 0.0449. The maximum absolute atomic E-state index is 14.4. The fraction of sp³-hybridized carbons (Fsp3) is 0.241. The number of benzene rings is 3. The van der Waals surface area contributed by atoms with Crippen LogP contribution in [0.25, 0.3) is 0 Å². The summed E-state index contributed by atoms with van der Waals surface area (Å²) in [7, 11) is -4.28. The van der Waals surface area contributed by atoms with Gasteiger partial charge in [-0.05, 0) is 56.2 Å². The van der Waals surface area contributed by atoms with Gasteiger partial charge in [0.2, 0.25) is 5.78 Å². The molecule has 188 valence electrons. The van der Waals surface area contributed by atoms with Crippen molar-refractivity contribution < 1.29 is 22.7 Å². The topological polar surface area (TPSA) is 80.8 Å². The highest BCUT2D eigenvalue weighted by molar-refractivity contribution is 9.10. The predicted octanol–water partition coefficient (Wildman–Crippen LogP) is 5.97. The lowest BCUT2D eigenvalue weighted by molar-refractivity contribution is -0.116. The van der Waals surface area contributed by atoms with Gasteiger partial charge in [-0.2, -0.15) is 0 Å². The van der Waals surface area contributed by atoms with Crippen molar-refractivity contribution in [3.8, 4) is 0 Å². The molecule has 2 unspecified atom stereocenters. The number of fused-ring (bicyclic) bond motifs is 1. The summed E-state index contributed by atoms with van der Waals surface area (Å²) in [4.78, 5) is 27.8. The largest absolute Gasteiger partial charge is 0.462 e. The lowest BCUT2D eigenvalue weighted by Crippen LogP contribution is -2.57. The monoisotopic (exact) mass is 577 g/mol. The minimum Gasteiger partial charge on any atom is -0.462 e. The number of Topliss-reactive ketones (excluding diaryl/α,β-unsaturated/α-hetero) is 2. The first-order chi connectivity index (χ1) is 17.6. The van der Waals surface area contributed by atoms with Gasteiger partial charge in [0.05, 0.1) is 16.5 Å². The Kier molecular flexibility index (Phi) is 5.47. The van der Waals surface area contributed by atoms with Crippen molar-refractivity contribution in [3.63, 3.8) is 0 Å². The third-order valence-corrected chi connectivity index (χ3v) is 9.70. The molecule has 0 fully saturated rings. The van der Waals surface area contributed by atoms with Gasteiger partial charge in [-0.3, -0.25) is 9.59 Å². The Balaban J connectivity index is 1.66. The highest BCUT2D eigenvalue weighted by atomic mass is 79.9. The van der Waals surface area contributed by atoms with E-state index < -0.39 is 27.4 Å². The van der Waals surface area contributed by atoms with Crippen LogP contribution in [0.4, 0.5) is 5.69 Å². The molecular weight excluding hydrogens is 554 g/mol. The van der Waals surface area contributed by atoms with E-state index in [0.29, 0.717) is 40.6 Å². The third kappa shape index (κ3) is 3.45. The van der Waals surface area contributed by atoms with E-state index in [-0.39, 0.29) is 21.9 Å². The van der Waals surface area contributed by atoms with Crippen molar-refractivity contribution >= 4 is 43.2 Å². The molecule has 0 N–H and O–H groups in total. The minimum atomic E-state index is -4.28. The molecule has 3 aromatic carbocycles. The Morgan fingerprint density at radius 2 is 1.57 bits per heavy atom. The first-order valence-electron chi connectivity index (χ1n) is 12.1. The summed E-state index contributed by atoms with van der Waals surface area (Å²) in [6.45, 7) is 3.82. The second-order valence-corrected chi connectivity index (χ2v) is 12.5. The predicted molar refractivity (Wildman–Crippen MR) is 143 cm³/mol. The average molecular weight is 578 g/mol. The summed E-state index contributed by atoms with van der Waals surface area (Å²) in [5.41, 5.74) is 1.47. The van der Waals surface area contributed by atoms with E-state index in [2.05, 4.69) is 15.9 Å². The molecule has 1 spiro atoms. The number of rotatable bonds is 3. The number of halogens is 1. The van der Waals surface area contributed by atoms with Crippen LogP contribution in [-0.2, 0) is 19.6 Å². The maximum atomic E-state index is 14.4. The SMILES string of the molecule is Cc1ccc(C2C3=C(CCCC3=O)OC23C(=O)c2cc(Br)ccc2N3S(=O)(=O)c2ccc(C)cc2)cc1. The zero-order valence-corrected chi connectivity index (χ0v) is 22.7. The Morgan fingerprint density at radius 1 is 0.919 bits per heavy atom. The van der Waals surface area contributed by atoms with Gasteiger partial charge in [-0.25, -0.2) is 12.7 Å². The van der Waals surface area contributed by atoms with Crippen molar-refractivity contribution in [1.29, 1.82) is 0 Å². The van der Waals surface area contributed by atoms with Gasteiger partial charge in [0.1, 0.15) is 5.76 Å². The van der Waals surface area contributed by atoms with Gasteiger partial charge in [0.25, 0.3) is 15.7 Å². The number of hydrogen-bond acceptors (Lipinski definition) is 5. The molecule has 6 rings (SSSR count). The number of allylic oxidation sites excluding steroid dienone is 1. The summed E-state index contributed by atoms with van der Waals surface area (Å²) in [6, 6.07) is 19.0. The van der Waals surface area contributed by atoms with Crippen LogP contribution in [0, 0.1) is 13.8 Å². The number of aryl methyl sites for hydroxylation is 2. The summed E-state index contributed by atoms with van der Waals surface area (Å²) >= 11 is 3.43. The lowest BCUT2D eigenvalue weighted by Gasteiger charge is -2.39. The zero-order valence-electron chi connectivity index (χ0n) is 20.3. The van der Waals surface area contributed by atoms with E-state index in [0.717, 1.165) is 15.4 Å². The highest BCUT2D eigenvalue weighted by Gasteiger charge is 2.68. The van der Waals surface area contributed by atoms with E-state index in [9.17, 15) is 18.0 Å². The van der Waals surface area contributed by atoms with E-state index in [1.165, 1.54) is 12.1 Å². The van der Waals surface area contributed by atoms with Gasteiger partial charge in [-0.15, -0.1) is 0 Å². The number of hydrogen-bond donors (Lipinski definition) is 0. The summed E-state index contributed by atoms with van der Waals surface area (Å²) in [6.07, 6.45) is 1.39. The number of carbonyl (C=O) groups is 2. The first-order valence-corrected chi connectivity index (χ1v) is 14.4. The Hall–Kier alpha value is -3.23. The number of anilines is 1. The van der Waals surface area contributed by atoms with Crippen LogP contribution in [-0.4, -0.2) is 25.7 Å². The molecule has 2 atom stereocenters. The lowest BCUT2D eigenvalue weighted by atomic mass is 9.77. The standard InChI is InChI=1S/C29H24BrNO5S/c1-17-6-10-19(11-7-17)27-26-24(32)4-3-5-25(26)36-29(27)28(33)22-16-20(30)12-15-23(22)31(29)37(34,35)21-13-8-18(2)9-14-21/h6-16,27H,3-5H2,1-2H3. The Labute approximate surface area is 224 Å². The fourth-order valence-electron chi connectivity index (χ4n) is 5.65. The molecule has 0 aromatic heterocycles. The van der Waals surface area contributed by atoms with Gasteiger partial charge in [0.15, 0.2) is 5.78 Å². The second kappa shape index (κ2) is 8.39. The molecule has 0 bridgehead atoms. The van der Waals surface area contributed by atoms with Gasteiger partial charge in [-0.1, -0.05) is 63.5 Å². The van der Waals surface area contributed by atoms with Crippen molar-refractivity contribution in [2.45, 2.75) is 49.6 Å². The van der Waals surface area contributed by atoms with Crippen molar-refractivity contribution in [3.05, 3.63) is 105 Å². The quantitative estimate of drug-likeness (QED) is 0.383. The van der Waals surface area contributed by atoms with Crippen LogP contribution in [0.15, 0.2) is 87.4 Å². The van der Waals surface area contributed by atoms with Crippen molar-refractivity contribution in [1.82, 2.24) is 0 Å². The normalized spacial score (nSPS) is 22.9. The first kappa shape index (κ1) is 24.1. The molecular formula is C29H24BrNO5S. The highest BCUT2D eigenvalue weighted by Crippen LogP contribution is 2.58. The molecule has 2 aliphatic heterocycles. The van der Waals surface area contributed by atoms with Gasteiger partial charge in [0, 0.05) is 28.5 Å². The molecule has 2 heterocycles. The average Bonchev–Trinajstić information content (AvgIpc) is 3.33. The van der Waals surface area contributed by atoms with E-state index in [4.69, 9.17) is 4.74 Å². The number of nitrogens with zero attached hydrogens (tertiary/aromatic N) is 1. The molecule has 0 saturated carbocycles. The number of ketones is 2. The molecule has 0 radical (unpaired) electrons. The number of ether oxygens (including phenoxy) is 1. The molecule has 3 aromatic rings. The summed E-state index contributed by atoms with van der Waals surface area (Å²) in [5, 5.41) is 0. The summed E-state index contributed by atoms with van der Waals surface area (Å²) in [5.74, 6) is -1.09. The third-order valence-electron chi connectivity index (χ3n) is 7.39. The molecule has 3 aliphatic rings. The van der Waals surface area contributed by atoms with Crippen molar-refractivity contribution in [2.75, 3.05) is 4.31 Å². The molecule has 1 aliphatic carbocycles. The van der Waals surface area contributed by atoms with Crippen LogP contribution in [0.5, 0.6) is 0 Å². The molecule has 6 nitrogen and oxygen atoms in total. The molecule has 37 heavy (non-hydrogen) atoms. The van der Waals surface area contributed by atoms with Gasteiger partial charge < -0.3 is 4.74 Å². The molecule has 0 saturated heterocycles. The number of sulfonamides is 1. The maximum Gasteiger partial charge on any atom is 0.270 e. The molecule has 8 heteroatoms. The van der Waals surface area contributed by atoms with E-state index in [1.807, 2.05) is 38.1 Å². The van der Waals surface area contributed by atoms with Crippen LogP contribution in [0.3, 0.4) is 0 Å². The number of carbonyl (C=O) groups excluding carboxylic acids is 2.